The fourth-order valence-corrected chi connectivity index (χ4v) is 6.03. The van der Waals surface area contributed by atoms with Crippen LogP contribution in [-0.2, 0) is 5.41 Å². The van der Waals surface area contributed by atoms with Gasteiger partial charge in [0, 0.05) is 30.2 Å². The maximum atomic E-state index is 6.36. The average molecular weight is 318 g/mol. The zero-order valence-corrected chi connectivity index (χ0v) is 14.8. The normalized spacial score (nSPS) is 35.5. The van der Waals surface area contributed by atoms with Crippen LogP contribution in [0.2, 0.25) is 5.02 Å². The Hall–Kier alpha value is -1.02. The Morgan fingerprint density at radius 2 is 1.91 bits per heavy atom. The van der Waals surface area contributed by atoms with Crippen LogP contribution in [0.25, 0.3) is 0 Å². The molecule has 118 valence electrons. The Kier molecular flexibility index (Phi) is 2.84. The van der Waals surface area contributed by atoms with Crippen molar-refractivity contribution in [3.05, 3.63) is 28.8 Å². The molecule has 22 heavy (non-hydrogen) atoms. The number of nitrogens with zero attached hydrogens (tertiary/aromatic N) is 1. The summed E-state index contributed by atoms with van der Waals surface area (Å²) >= 11 is 6.36. The minimum Gasteiger partial charge on any atom is -0.165 e. The van der Waals surface area contributed by atoms with Gasteiger partial charge in [-0.3, -0.25) is 0 Å². The molecule has 2 nitrogen and oxygen atoms in total. The standard InChI is InChI=1S/C19H26ClN2/c1-13-8-11-19-17(2,3)9-5-10-18(19,4)15-12-14(20)6-7-16(15)21-22(13)19/h6-7,12,21H,5,8-11H2,1-4H3/q+1/t18-,19-/m1/s1. The van der Waals surface area contributed by atoms with Crippen molar-refractivity contribution in [3.63, 3.8) is 0 Å². The molecule has 0 unspecified atom stereocenters. The lowest BCUT2D eigenvalue weighted by Crippen LogP contribution is -2.69. The Balaban J connectivity index is 2.06. The van der Waals surface area contributed by atoms with Gasteiger partial charge in [-0.15, -0.1) is 4.68 Å². The highest BCUT2D eigenvalue weighted by molar-refractivity contribution is 6.30. The van der Waals surface area contributed by atoms with Crippen molar-refractivity contribution in [3.8, 4) is 0 Å². The SMILES string of the molecule is CC1=[N+]2Nc3ccc(Cl)cc3[C@@]3(C)CCCC(C)(C)[C@@]23CC1. The lowest BCUT2D eigenvalue weighted by molar-refractivity contribution is -0.616. The minimum atomic E-state index is 0.151. The van der Waals surface area contributed by atoms with Gasteiger partial charge in [0.05, 0.1) is 11.1 Å². The van der Waals surface area contributed by atoms with Crippen LogP contribution in [-0.4, -0.2) is 15.9 Å². The maximum Gasteiger partial charge on any atom is 0.205 e. The van der Waals surface area contributed by atoms with Crippen LogP contribution in [0.15, 0.2) is 18.2 Å². The molecule has 1 spiro atoms. The molecule has 2 atom stereocenters. The third kappa shape index (κ3) is 1.50. The van der Waals surface area contributed by atoms with Gasteiger partial charge < -0.3 is 0 Å². The Bertz CT molecular complexity index is 691. The molecule has 0 radical (unpaired) electrons. The highest BCUT2D eigenvalue weighted by atomic mass is 35.5. The summed E-state index contributed by atoms with van der Waals surface area (Å²) in [6.07, 6.45) is 6.26. The molecule has 1 aromatic carbocycles. The molecule has 2 aliphatic heterocycles. The van der Waals surface area contributed by atoms with Crippen LogP contribution in [0.3, 0.4) is 0 Å². The van der Waals surface area contributed by atoms with E-state index in [2.05, 4.69) is 49.9 Å². The van der Waals surface area contributed by atoms with Gasteiger partial charge in [-0.25, -0.2) is 0 Å². The average Bonchev–Trinajstić information content (AvgIpc) is 2.79. The van der Waals surface area contributed by atoms with Gasteiger partial charge in [-0.2, -0.15) is 5.43 Å². The molecule has 4 rings (SSSR count). The first-order valence-electron chi connectivity index (χ1n) is 8.51. The molecule has 0 bridgehead atoms. The number of fused-ring (bicyclic) bond motifs is 2. The summed E-state index contributed by atoms with van der Waals surface area (Å²) in [7, 11) is 0. The Morgan fingerprint density at radius 3 is 2.68 bits per heavy atom. The molecule has 0 aromatic heterocycles. The van der Waals surface area contributed by atoms with Crippen LogP contribution < -0.4 is 5.43 Å². The lowest BCUT2D eigenvalue weighted by atomic mass is 9.48. The minimum absolute atomic E-state index is 0.151. The maximum absolute atomic E-state index is 6.36. The van der Waals surface area contributed by atoms with E-state index in [1.54, 1.807) is 0 Å². The van der Waals surface area contributed by atoms with Crippen LogP contribution in [0.4, 0.5) is 5.69 Å². The van der Waals surface area contributed by atoms with Crippen LogP contribution in [0.1, 0.15) is 65.4 Å². The van der Waals surface area contributed by atoms with Crippen molar-refractivity contribution >= 4 is 23.0 Å². The van der Waals surface area contributed by atoms with Gasteiger partial charge in [0.25, 0.3) is 0 Å². The summed E-state index contributed by atoms with van der Waals surface area (Å²) in [6, 6.07) is 6.36. The van der Waals surface area contributed by atoms with E-state index in [0.717, 1.165) is 5.02 Å². The molecule has 3 aliphatic rings. The van der Waals surface area contributed by atoms with Crippen molar-refractivity contribution in [2.45, 2.75) is 70.8 Å². The second-order valence-electron chi connectivity index (χ2n) is 8.30. The van der Waals surface area contributed by atoms with Gasteiger partial charge in [0.1, 0.15) is 0 Å². The number of nitrogens with one attached hydrogen (secondary N) is 1. The smallest absolute Gasteiger partial charge is 0.165 e. The molecular weight excluding hydrogens is 292 g/mol. The molecule has 1 aromatic rings. The number of hydrogen-bond donors (Lipinski definition) is 1. The van der Waals surface area contributed by atoms with Crippen LogP contribution in [0, 0.1) is 5.41 Å². The summed E-state index contributed by atoms with van der Waals surface area (Å²) in [5.74, 6) is 0. The lowest BCUT2D eigenvalue weighted by Gasteiger charge is -2.57. The zero-order valence-electron chi connectivity index (χ0n) is 14.1. The molecular formula is C19H26ClN2+. The van der Waals surface area contributed by atoms with Crippen molar-refractivity contribution < 1.29 is 4.68 Å². The number of benzene rings is 1. The number of hydrogen-bond acceptors (Lipinski definition) is 1. The molecule has 0 amide bonds. The van der Waals surface area contributed by atoms with Gasteiger partial charge >= 0.3 is 0 Å². The molecule has 1 saturated carbocycles. The third-order valence-corrected chi connectivity index (χ3v) is 7.17. The molecule has 1 N–H and O–H groups in total. The summed E-state index contributed by atoms with van der Waals surface area (Å²) in [5, 5.41) is 0.854. The fourth-order valence-electron chi connectivity index (χ4n) is 5.86. The number of hydrazone groups is 1. The molecule has 3 heteroatoms. The van der Waals surface area contributed by atoms with E-state index in [-0.39, 0.29) is 16.4 Å². The molecule has 0 saturated heterocycles. The van der Waals surface area contributed by atoms with E-state index in [9.17, 15) is 0 Å². The van der Waals surface area contributed by atoms with E-state index >= 15 is 0 Å². The number of halogens is 1. The van der Waals surface area contributed by atoms with Crippen molar-refractivity contribution in [1.82, 2.24) is 0 Å². The zero-order chi connectivity index (χ0) is 15.8. The van der Waals surface area contributed by atoms with Crippen molar-refractivity contribution in [2.24, 2.45) is 5.41 Å². The summed E-state index contributed by atoms with van der Waals surface area (Å²) in [4.78, 5) is 0. The fraction of sp³-hybridized carbons (Fsp3) is 0.632. The van der Waals surface area contributed by atoms with Crippen LogP contribution >= 0.6 is 11.6 Å². The Morgan fingerprint density at radius 1 is 1.14 bits per heavy atom. The first kappa shape index (κ1) is 14.6. The van der Waals surface area contributed by atoms with Crippen LogP contribution in [0.5, 0.6) is 0 Å². The number of rotatable bonds is 0. The summed E-state index contributed by atoms with van der Waals surface area (Å²) < 4.78 is 2.53. The predicted molar refractivity (Wildman–Crippen MR) is 93.0 cm³/mol. The first-order chi connectivity index (χ1) is 10.3. The van der Waals surface area contributed by atoms with E-state index in [1.165, 1.54) is 49.1 Å². The van der Waals surface area contributed by atoms with E-state index in [0.29, 0.717) is 0 Å². The molecule has 2 heterocycles. The third-order valence-electron chi connectivity index (χ3n) is 6.93. The Labute approximate surface area is 138 Å². The molecule has 1 fully saturated rings. The summed E-state index contributed by atoms with van der Waals surface area (Å²) in [6.45, 7) is 9.70. The second kappa shape index (κ2) is 4.29. The van der Waals surface area contributed by atoms with E-state index in [4.69, 9.17) is 11.6 Å². The summed E-state index contributed by atoms with van der Waals surface area (Å²) in [5.41, 5.74) is 8.46. The largest absolute Gasteiger partial charge is 0.205 e. The van der Waals surface area contributed by atoms with Gasteiger partial charge in [0.2, 0.25) is 5.54 Å². The van der Waals surface area contributed by atoms with Gasteiger partial charge in [-0.05, 0) is 43.5 Å². The van der Waals surface area contributed by atoms with Crippen molar-refractivity contribution in [2.75, 3.05) is 5.43 Å². The molecule has 1 aliphatic carbocycles. The highest BCUT2D eigenvalue weighted by Gasteiger charge is 2.72. The monoisotopic (exact) mass is 317 g/mol. The second-order valence-corrected chi connectivity index (χ2v) is 8.74. The number of hydrazine groups is 1. The van der Waals surface area contributed by atoms with Gasteiger partial charge in [0.15, 0.2) is 5.71 Å². The first-order valence-corrected chi connectivity index (χ1v) is 8.89. The van der Waals surface area contributed by atoms with Crippen molar-refractivity contribution in [1.29, 1.82) is 0 Å². The highest BCUT2D eigenvalue weighted by Crippen LogP contribution is 2.63. The number of anilines is 1. The van der Waals surface area contributed by atoms with E-state index in [1.807, 2.05) is 6.07 Å². The quantitative estimate of drug-likeness (QED) is 0.654. The topological polar surface area (TPSA) is 15.0 Å². The predicted octanol–water partition coefficient (Wildman–Crippen LogP) is 5.15. The van der Waals surface area contributed by atoms with Gasteiger partial charge in [-0.1, -0.05) is 31.9 Å². The van der Waals surface area contributed by atoms with E-state index < -0.39 is 0 Å².